The molecule has 0 amide bonds. The van der Waals surface area contributed by atoms with E-state index in [4.69, 9.17) is 17.2 Å². The van der Waals surface area contributed by atoms with Gasteiger partial charge in [-0.05, 0) is 6.07 Å². The number of rotatable bonds is 2. The minimum atomic E-state index is -0.662. The molecule has 7 N–H and O–H groups in total. The van der Waals surface area contributed by atoms with Gasteiger partial charge in [0.2, 0.25) is 0 Å². The Kier molecular flexibility index (Phi) is 4.62. The fraction of sp³-hybridized carbons (Fsp3) is 0.250. The molecular formula is C8H13ClFN3O. The lowest BCUT2D eigenvalue weighted by Gasteiger charge is -2.12. The summed E-state index contributed by atoms with van der Waals surface area (Å²) in [5.41, 5.74) is 16.2. The molecule has 0 spiro atoms. The summed E-state index contributed by atoms with van der Waals surface area (Å²) in [5.74, 6) is -0.983. The molecule has 0 heterocycles. The summed E-state index contributed by atoms with van der Waals surface area (Å²) in [6.45, 7) is 0.165. The van der Waals surface area contributed by atoms with Crippen molar-refractivity contribution in [2.45, 2.75) is 6.04 Å². The number of hydrogen-bond acceptors (Lipinski definition) is 4. The third kappa shape index (κ3) is 2.25. The molecule has 1 atom stereocenters. The number of phenols is 1. The van der Waals surface area contributed by atoms with Crippen molar-refractivity contribution in [3.05, 3.63) is 23.5 Å². The Labute approximate surface area is 87.3 Å². The maximum absolute atomic E-state index is 12.8. The van der Waals surface area contributed by atoms with Gasteiger partial charge in [0, 0.05) is 18.2 Å². The van der Waals surface area contributed by atoms with Crippen LogP contribution in [-0.2, 0) is 0 Å². The van der Waals surface area contributed by atoms with Crippen molar-refractivity contribution in [2.24, 2.45) is 11.5 Å². The van der Waals surface area contributed by atoms with Crippen molar-refractivity contribution in [1.82, 2.24) is 0 Å². The number of hydrogen-bond donors (Lipinski definition) is 4. The molecule has 0 saturated carbocycles. The Hall–Kier alpha value is -1.04. The third-order valence-corrected chi connectivity index (χ3v) is 1.85. The number of benzene rings is 1. The summed E-state index contributed by atoms with van der Waals surface area (Å²) in [7, 11) is 0. The number of nitrogen functional groups attached to an aromatic ring is 1. The molecule has 1 aromatic rings. The monoisotopic (exact) mass is 221 g/mol. The maximum Gasteiger partial charge on any atom is 0.149 e. The number of nitrogens with two attached hydrogens (primary N) is 3. The van der Waals surface area contributed by atoms with E-state index in [1.165, 1.54) is 6.07 Å². The molecule has 0 aliphatic carbocycles. The molecule has 0 radical (unpaired) electrons. The lowest BCUT2D eigenvalue weighted by atomic mass is 10.1. The van der Waals surface area contributed by atoms with E-state index in [9.17, 15) is 9.50 Å². The zero-order valence-corrected chi connectivity index (χ0v) is 8.22. The van der Waals surface area contributed by atoms with E-state index in [1.54, 1.807) is 0 Å². The van der Waals surface area contributed by atoms with Gasteiger partial charge in [-0.25, -0.2) is 4.39 Å². The topological polar surface area (TPSA) is 98.3 Å². The van der Waals surface area contributed by atoms with Gasteiger partial charge in [0.1, 0.15) is 17.3 Å². The molecule has 0 saturated heterocycles. The van der Waals surface area contributed by atoms with E-state index in [1.807, 2.05) is 0 Å². The molecule has 1 aromatic carbocycles. The Morgan fingerprint density at radius 2 is 2.00 bits per heavy atom. The largest absolute Gasteiger partial charge is 0.505 e. The van der Waals surface area contributed by atoms with Gasteiger partial charge < -0.3 is 22.3 Å². The average molecular weight is 222 g/mol. The van der Waals surface area contributed by atoms with Crippen LogP contribution in [0.2, 0.25) is 0 Å². The first-order chi connectivity index (χ1) is 6.07. The molecule has 0 fully saturated rings. The van der Waals surface area contributed by atoms with Crippen molar-refractivity contribution < 1.29 is 9.50 Å². The van der Waals surface area contributed by atoms with Crippen LogP contribution in [0.1, 0.15) is 11.6 Å². The second-order valence-electron chi connectivity index (χ2n) is 2.74. The van der Waals surface area contributed by atoms with E-state index in [0.29, 0.717) is 5.56 Å². The number of anilines is 1. The van der Waals surface area contributed by atoms with Crippen LogP contribution in [0.15, 0.2) is 12.1 Å². The highest BCUT2D eigenvalue weighted by atomic mass is 35.5. The Bertz CT molecular complexity index is 322. The average Bonchev–Trinajstić information content (AvgIpc) is 2.13. The number of aromatic hydroxyl groups is 1. The zero-order chi connectivity index (χ0) is 10.0. The van der Waals surface area contributed by atoms with Crippen LogP contribution in [0.3, 0.4) is 0 Å². The molecule has 0 bridgehead atoms. The molecule has 0 unspecified atom stereocenters. The normalized spacial score (nSPS) is 11.9. The summed E-state index contributed by atoms with van der Waals surface area (Å²) in [6, 6.07) is 2.00. The second kappa shape index (κ2) is 4.99. The molecule has 0 aliphatic rings. The molecule has 80 valence electrons. The predicted octanol–water partition coefficient (Wildman–Crippen LogP) is 0.494. The van der Waals surface area contributed by atoms with E-state index in [0.717, 1.165) is 6.07 Å². The van der Waals surface area contributed by atoms with E-state index in [-0.39, 0.29) is 30.4 Å². The minimum absolute atomic E-state index is 0. The number of halogens is 2. The Morgan fingerprint density at radius 1 is 1.43 bits per heavy atom. The van der Waals surface area contributed by atoms with Gasteiger partial charge in [0.15, 0.2) is 0 Å². The fourth-order valence-electron chi connectivity index (χ4n) is 1.03. The smallest absolute Gasteiger partial charge is 0.149 e. The van der Waals surface area contributed by atoms with Gasteiger partial charge >= 0.3 is 0 Å². The quantitative estimate of drug-likeness (QED) is 0.432. The fourth-order valence-corrected chi connectivity index (χ4v) is 1.03. The van der Waals surface area contributed by atoms with Crippen molar-refractivity contribution in [3.63, 3.8) is 0 Å². The van der Waals surface area contributed by atoms with Gasteiger partial charge in [0.05, 0.1) is 0 Å². The molecule has 1 rings (SSSR count). The lowest BCUT2D eigenvalue weighted by Crippen LogP contribution is -2.21. The maximum atomic E-state index is 12.8. The highest BCUT2D eigenvalue weighted by Crippen LogP contribution is 2.30. The Balaban J connectivity index is 0.00000169. The molecule has 6 heteroatoms. The van der Waals surface area contributed by atoms with Crippen LogP contribution in [-0.4, -0.2) is 11.7 Å². The van der Waals surface area contributed by atoms with Crippen LogP contribution in [0, 0.1) is 5.82 Å². The van der Waals surface area contributed by atoms with Crippen LogP contribution < -0.4 is 17.2 Å². The van der Waals surface area contributed by atoms with Crippen molar-refractivity contribution in [2.75, 3.05) is 12.3 Å². The van der Waals surface area contributed by atoms with Crippen LogP contribution >= 0.6 is 12.4 Å². The van der Waals surface area contributed by atoms with E-state index < -0.39 is 11.9 Å². The predicted molar refractivity (Wildman–Crippen MR) is 55.7 cm³/mol. The Morgan fingerprint density at radius 3 is 2.50 bits per heavy atom. The van der Waals surface area contributed by atoms with Gasteiger partial charge in [-0.3, -0.25) is 0 Å². The lowest BCUT2D eigenvalue weighted by molar-refractivity contribution is 0.459. The van der Waals surface area contributed by atoms with Gasteiger partial charge in [0.25, 0.3) is 0 Å². The van der Waals surface area contributed by atoms with Gasteiger partial charge in [-0.1, -0.05) is 6.07 Å². The minimum Gasteiger partial charge on any atom is -0.505 e. The highest BCUT2D eigenvalue weighted by Gasteiger charge is 2.13. The van der Waals surface area contributed by atoms with Crippen LogP contribution in [0.25, 0.3) is 0 Å². The standard InChI is InChI=1S/C8H12FN3O.ClH/c9-5-2-1-4(6(11)3-10)8(13)7(5)12;/h1-2,6,13H,3,10-12H2;1H/t6-;/m0./s1. The van der Waals surface area contributed by atoms with Crippen LogP contribution in [0.5, 0.6) is 5.75 Å². The first-order valence-electron chi connectivity index (χ1n) is 3.80. The van der Waals surface area contributed by atoms with E-state index in [2.05, 4.69) is 0 Å². The summed E-state index contributed by atoms with van der Waals surface area (Å²) in [4.78, 5) is 0. The number of phenolic OH excluding ortho intramolecular Hbond substituents is 1. The van der Waals surface area contributed by atoms with Crippen molar-refractivity contribution >= 4 is 18.1 Å². The molecule has 0 aliphatic heterocycles. The van der Waals surface area contributed by atoms with E-state index >= 15 is 0 Å². The summed E-state index contributed by atoms with van der Waals surface area (Å²) in [6.07, 6.45) is 0. The van der Waals surface area contributed by atoms with Gasteiger partial charge in [-0.15, -0.1) is 12.4 Å². The van der Waals surface area contributed by atoms with Crippen molar-refractivity contribution in [1.29, 1.82) is 0 Å². The first-order valence-corrected chi connectivity index (χ1v) is 3.80. The summed E-state index contributed by atoms with van der Waals surface area (Å²) in [5, 5.41) is 9.38. The molecule has 4 nitrogen and oxygen atoms in total. The van der Waals surface area contributed by atoms with Crippen molar-refractivity contribution in [3.8, 4) is 5.75 Å². The molecule has 14 heavy (non-hydrogen) atoms. The van der Waals surface area contributed by atoms with Gasteiger partial charge in [-0.2, -0.15) is 0 Å². The second-order valence-corrected chi connectivity index (χ2v) is 2.74. The van der Waals surface area contributed by atoms with Crippen LogP contribution in [0.4, 0.5) is 10.1 Å². The molecular weight excluding hydrogens is 209 g/mol. The molecule has 0 aromatic heterocycles. The zero-order valence-electron chi connectivity index (χ0n) is 7.40. The summed E-state index contributed by atoms with van der Waals surface area (Å²) < 4.78 is 12.8. The highest BCUT2D eigenvalue weighted by molar-refractivity contribution is 5.85. The SMILES string of the molecule is Cl.NC[C@H](N)c1ccc(F)c(N)c1O. The summed E-state index contributed by atoms with van der Waals surface area (Å²) >= 11 is 0. The first kappa shape index (κ1) is 13.0. The third-order valence-electron chi connectivity index (χ3n) is 1.85.